The van der Waals surface area contributed by atoms with E-state index >= 15 is 0 Å². The lowest BCUT2D eigenvalue weighted by atomic mass is 9.81. The minimum atomic E-state index is -0.973. The van der Waals surface area contributed by atoms with Crippen molar-refractivity contribution in [3.05, 3.63) is 39.9 Å². The number of carbonyl (C=O) groups excluding carboxylic acids is 3. The third-order valence-corrected chi connectivity index (χ3v) is 5.13. The Bertz CT molecular complexity index is 721. The van der Waals surface area contributed by atoms with Gasteiger partial charge in [-0.2, -0.15) is 0 Å². The highest BCUT2D eigenvalue weighted by molar-refractivity contribution is 6.07. The van der Waals surface area contributed by atoms with Crippen molar-refractivity contribution < 1.29 is 24.0 Å². The zero-order chi connectivity index (χ0) is 18.8. The van der Waals surface area contributed by atoms with Gasteiger partial charge >= 0.3 is 5.97 Å². The van der Waals surface area contributed by atoms with Gasteiger partial charge in [-0.1, -0.05) is 12.8 Å². The maximum Gasteiger partial charge on any atom is 0.329 e. The molecule has 0 spiro atoms. The van der Waals surface area contributed by atoms with E-state index in [1.165, 1.54) is 31.2 Å². The lowest BCUT2D eigenvalue weighted by molar-refractivity contribution is -0.384. The fourth-order valence-electron chi connectivity index (χ4n) is 3.66. The molecular weight excluding hydrogens is 340 g/mol. The molecule has 0 N–H and O–H groups in total. The van der Waals surface area contributed by atoms with Crippen LogP contribution >= 0.6 is 0 Å². The normalized spacial score (nSPS) is 23.5. The number of hydrogen-bond donors (Lipinski definition) is 0. The first-order valence-corrected chi connectivity index (χ1v) is 8.67. The maximum absolute atomic E-state index is 12.5. The molecule has 2 fully saturated rings. The maximum atomic E-state index is 12.5. The van der Waals surface area contributed by atoms with Gasteiger partial charge in [0.1, 0.15) is 12.6 Å². The average Bonchev–Trinajstić information content (AvgIpc) is 2.90. The van der Waals surface area contributed by atoms with E-state index in [1.807, 2.05) is 0 Å². The second kappa shape index (κ2) is 7.23. The van der Waals surface area contributed by atoms with Crippen molar-refractivity contribution in [2.75, 3.05) is 0 Å². The molecule has 1 saturated heterocycles. The van der Waals surface area contributed by atoms with E-state index in [9.17, 15) is 24.5 Å². The van der Waals surface area contributed by atoms with E-state index in [0.717, 1.165) is 17.7 Å². The highest BCUT2D eigenvalue weighted by atomic mass is 16.6. The largest absolute Gasteiger partial charge is 0.459 e. The van der Waals surface area contributed by atoms with Crippen molar-refractivity contribution in [2.24, 2.45) is 11.8 Å². The molecule has 3 atom stereocenters. The number of esters is 1. The zero-order valence-electron chi connectivity index (χ0n) is 14.4. The van der Waals surface area contributed by atoms with Crippen LogP contribution in [0.3, 0.4) is 0 Å². The van der Waals surface area contributed by atoms with Crippen LogP contribution in [0.5, 0.6) is 0 Å². The Morgan fingerprint density at radius 3 is 2.23 bits per heavy atom. The summed E-state index contributed by atoms with van der Waals surface area (Å²) in [6.07, 6.45) is 3.23. The van der Waals surface area contributed by atoms with E-state index < -0.39 is 16.9 Å². The molecule has 0 radical (unpaired) electrons. The second-order valence-corrected chi connectivity index (χ2v) is 6.75. The van der Waals surface area contributed by atoms with Crippen molar-refractivity contribution >= 4 is 23.5 Å². The summed E-state index contributed by atoms with van der Waals surface area (Å²) in [5.74, 6) is -1.83. The number of imide groups is 1. The van der Waals surface area contributed by atoms with Gasteiger partial charge in [-0.15, -0.1) is 0 Å². The minimum absolute atomic E-state index is 0.0516. The lowest BCUT2D eigenvalue weighted by Gasteiger charge is -2.21. The van der Waals surface area contributed by atoms with Crippen LogP contribution in [0.15, 0.2) is 24.3 Å². The number of carbonyl (C=O) groups is 3. The monoisotopic (exact) mass is 360 g/mol. The molecule has 2 aliphatic rings. The van der Waals surface area contributed by atoms with Crippen LogP contribution in [-0.4, -0.2) is 33.6 Å². The molecule has 0 aromatic heterocycles. The van der Waals surface area contributed by atoms with E-state index in [0.29, 0.717) is 18.4 Å². The van der Waals surface area contributed by atoms with Crippen LogP contribution in [0.2, 0.25) is 0 Å². The molecule has 3 rings (SSSR count). The van der Waals surface area contributed by atoms with Gasteiger partial charge < -0.3 is 4.74 Å². The molecule has 8 nitrogen and oxygen atoms in total. The van der Waals surface area contributed by atoms with Gasteiger partial charge in [-0.25, -0.2) is 4.79 Å². The summed E-state index contributed by atoms with van der Waals surface area (Å²) in [7, 11) is 0. The van der Waals surface area contributed by atoms with Crippen LogP contribution < -0.4 is 0 Å². The fourth-order valence-corrected chi connectivity index (χ4v) is 3.66. The molecule has 1 aliphatic heterocycles. The van der Waals surface area contributed by atoms with Crippen molar-refractivity contribution in [2.45, 2.75) is 45.3 Å². The number of hydrogen-bond acceptors (Lipinski definition) is 6. The molecule has 1 aromatic carbocycles. The van der Waals surface area contributed by atoms with Gasteiger partial charge in [0, 0.05) is 12.1 Å². The van der Waals surface area contributed by atoms with Crippen molar-refractivity contribution in [3.8, 4) is 0 Å². The number of rotatable bonds is 5. The molecule has 138 valence electrons. The quantitative estimate of drug-likeness (QED) is 0.345. The molecule has 1 heterocycles. The topological polar surface area (TPSA) is 107 Å². The SMILES string of the molecule is C[C@@H](C(=O)OCc1ccc([N+](=O)[O-])cc1)N1C(=O)[C@H]2CCCC[C@@H]2C1=O. The molecule has 1 aromatic rings. The first-order valence-electron chi connectivity index (χ1n) is 8.67. The number of nitrogens with zero attached hydrogens (tertiary/aromatic N) is 2. The molecule has 0 unspecified atom stereocenters. The molecule has 1 aliphatic carbocycles. The van der Waals surface area contributed by atoms with Gasteiger partial charge in [-0.3, -0.25) is 24.6 Å². The zero-order valence-corrected chi connectivity index (χ0v) is 14.4. The predicted octanol–water partition coefficient (Wildman–Crippen LogP) is 2.20. The highest BCUT2D eigenvalue weighted by Crippen LogP contribution is 2.38. The third-order valence-electron chi connectivity index (χ3n) is 5.13. The van der Waals surface area contributed by atoms with Gasteiger partial charge in [0.2, 0.25) is 11.8 Å². The molecule has 26 heavy (non-hydrogen) atoms. The summed E-state index contributed by atoms with van der Waals surface area (Å²) in [5.41, 5.74) is 0.535. The Morgan fingerprint density at radius 1 is 1.19 bits per heavy atom. The summed E-state index contributed by atoms with van der Waals surface area (Å²) in [6.45, 7) is 1.41. The van der Waals surface area contributed by atoms with E-state index in [2.05, 4.69) is 0 Å². The van der Waals surface area contributed by atoms with Crippen LogP contribution in [0, 0.1) is 22.0 Å². The molecular formula is C18H20N2O6. The average molecular weight is 360 g/mol. The molecule has 8 heteroatoms. The van der Waals surface area contributed by atoms with E-state index in [1.54, 1.807) is 0 Å². The fraction of sp³-hybridized carbons (Fsp3) is 0.500. The van der Waals surface area contributed by atoms with Crippen LogP contribution in [0.25, 0.3) is 0 Å². The first-order chi connectivity index (χ1) is 12.4. The van der Waals surface area contributed by atoms with Crippen LogP contribution in [-0.2, 0) is 25.7 Å². The van der Waals surface area contributed by atoms with Crippen molar-refractivity contribution in [1.82, 2.24) is 4.90 Å². The number of nitro benzene ring substituents is 1. The standard InChI is InChI=1S/C18H20N2O6/c1-11(19-16(21)14-4-2-3-5-15(14)17(19)22)18(23)26-10-12-6-8-13(9-7-12)20(24)25/h6-9,11,14-15H,2-5,10H2,1H3/t11-,14-,15-/m0/s1. The summed E-state index contributed by atoms with van der Waals surface area (Å²) in [4.78, 5) is 48.5. The predicted molar refractivity (Wildman–Crippen MR) is 89.7 cm³/mol. The Morgan fingerprint density at radius 2 is 1.73 bits per heavy atom. The number of ether oxygens (including phenoxy) is 1. The minimum Gasteiger partial charge on any atom is -0.459 e. The molecule has 1 saturated carbocycles. The van der Waals surface area contributed by atoms with Crippen LogP contribution in [0.4, 0.5) is 5.69 Å². The highest BCUT2D eigenvalue weighted by Gasteiger charge is 2.51. The van der Waals surface area contributed by atoms with Gasteiger partial charge in [0.05, 0.1) is 16.8 Å². The van der Waals surface area contributed by atoms with E-state index in [-0.39, 0.29) is 35.9 Å². The number of non-ortho nitro benzene ring substituents is 1. The number of likely N-dealkylation sites (tertiary alicyclic amines) is 1. The summed E-state index contributed by atoms with van der Waals surface area (Å²) in [5, 5.41) is 10.6. The van der Waals surface area contributed by atoms with Crippen LogP contribution in [0.1, 0.15) is 38.2 Å². The number of amides is 2. The first kappa shape index (κ1) is 18.0. The Hall–Kier alpha value is -2.77. The summed E-state index contributed by atoms with van der Waals surface area (Å²) >= 11 is 0. The second-order valence-electron chi connectivity index (χ2n) is 6.75. The van der Waals surface area contributed by atoms with Gasteiger partial charge in [0.15, 0.2) is 0 Å². The summed E-state index contributed by atoms with van der Waals surface area (Å²) < 4.78 is 5.20. The van der Waals surface area contributed by atoms with Gasteiger partial charge in [-0.05, 0) is 37.5 Å². The third kappa shape index (κ3) is 3.31. The number of benzene rings is 1. The summed E-state index contributed by atoms with van der Waals surface area (Å²) in [6, 6.07) is 4.67. The molecule has 2 amide bonds. The lowest BCUT2D eigenvalue weighted by Crippen LogP contribution is -2.44. The Balaban J connectivity index is 1.61. The Kier molecular flexibility index (Phi) is 5.01. The van der Waals surface area contributed by atoms with Crippen molar-refractivity contribution in [1.29, 1.82) is 0 Å². The molecule has 0 bridgehead atoms. The van der Waals surface area contributed by atoms with Crippen molar-refractivity contribution in [3.63, 3.8) is 0 Å². The number of fused-ring (bicyclic) bond motifs is 1. The number of nitro groups is 1. The van der Waals surface area contributed by atoms with Gasteiger partial charge in [0.25, 0.3) is 5.69 Å². The van der Waals surface area contributed by atoms with E-state index in [4.69, 9.17) is 4.74 Å². The Labute approximate surface area is 150 Å². The smallest absolute Gasteiger partial charge is 0.329 e.